The SMILES string of the molecule is CCC(=O)Nc1cc([N+](=O)[O-])cc([N+](=O)[O-])c1C. The monoisotopic (exact) mass is 253 g/mol. The number of benzene rings is 1. The molecule has 0 aliphatic carbocycles. The first-order chi connectivity index (χ1) is 8.36. The van der Waals surface area contributed by atoms with E-state index in [0.29, 0.717) is 0 Å². The lowest BCUT2D eigenvalue weighted by Crippen LogP contribution is -2.11. The number of nitrogens with zero attached hydrogens (tertiary/aromatic N) is 2. The average molecular weight is 253 g/mol. The van der Waals surface area contributed by atoms with Gasteiger partial charge < -0.3 is 5.32 Å². The summed E-state index contributed by atoms with van der Waals surface area (Å²) in [5, 5.41) is 23.8. The van der Waals surface area contributed by atoms with Crippen LogP contribution in [0, 0.1) is 27.2 Å². The van der Waals surface area contributed by atoms with Crippen molar-refractivity contribution in [1.82, 2.24) is 0 Å². The van der Waals surface area contributed by atoms with Crippen molar-refractivity contribution in [2.75, 3.05) is 5.32 Å². The van der Waals surface area contributed by atoms with E-state index in [9.17, 15) is 25.0 Å². The van der Waals surface area contributed by atoms with Crippen LogP contribution in [0.2, 0.25) is 0 Å². The van der Waals surface area contributed by atoms with Gasteiger partial charge in [0.1, 0.15) is 0 Å². The molecule has 0 heterocycles. The molecule has 0 fully saturated rings. The summed E-state index contributed by atoms with van der Waals surface area (Å²) in [5.41, 5.74) is -0.551. The van der Waals surface area contributed by atoms with Crippen LogP contribution in [-0.4, -0.2) is 15.8 Å². The molecule has 1 amide bonds. The van der Waals surface area contributed by atoms with E-state index in [0.717, 1.165) is 12.1 Å². The highest BCUT2D eigenvalue weighted by atomic mass is 16.6. The van der Waals surface area contributed by atoms with Gasteiger partial charge in [-0.25, -0.2) is 0 Å². The summed E-state index contributed by atoms with van der Waals surface area (Å²) in [5.74, 6) is -0.368. The molecule has 96 valence electrons. The van der Waals surface area contributed by atoms with Gasteiger partial charge in [0.2, 0.25) is 5.91 Å². The summed E-state index contributed by atoms with van der Waals surface area (Å²) in [6, 6.07) is 1.98. The first-order valence-corrected chi connectivity index (χ1v) is 5.10. The Labute approximate surface area is 102 Å². The van der Waals surface area contributed by atoms with Gasteiger partial charge in [-0.2, -0.15) is 0 Å². The molecule has 0 atom stereocenters. The molecule has 0 aromatic heterocycles. The van der Waals surface area contributed by atoms with E-state index < -0.39 is 21.2 Å². The molecule has 1 aromatic carbocycles. The second-order valence-electron chi connectivity index (χ2n) is 3.55. The molecule has 8 heteroatoms. The van der Waals surface area contributed by atoms with E-state index in [1.807, 2.05) is 0 Å². The molecule has 0 aliphatic rings. The molecular formula is C10H11N3O5. The fourth-order valence-electron chi connectivity index (χ4n) is 1.35. The number of non-ortho nitro benzene ring substituents is 1. The van der Waals surface area contributed by atoms with Crippen molar-refractivity contribution in [2.45, 2.75) is 20.3 Å². The highest BCUT2D eigenvalue weighted by Crippen LogP contribution is 2.31. The van der Waals surface area contributed by atoms with Gasteiger partial charge in [-0.15, -0.1) is 0 Å². The molecule has 0 unspecified atom stereocenters. The van der Waals surface area contributed by atoms with E-state index in [1.165, 1.54) is 6.92 Å². The molecule has 0 saturated heterocycles. The Morgan fingerprint density at radius 3 is 2.33 bits per heavy atom. The summed E-state index contributed by atoms with van der Waals surface area (Å²) in [6.45, 7) is 3.03. The summed E-state index contributed by atoms with van der Waals surface area (Å²) >= 11 is 0. The lowest BCUT2D eigenvalue weighted by molar-refractivity contribution is -0.394. The summed E-state index contributed by atoms with van der Waals surface area (Å²) in [6.07, 6.45) is 0.177. The van der Waals surface area contributed by atoms with Crippen molar-refractivity contribution in [2.24, 2.45) is 0 Å². The van der Waals surface area contributed by atoms with E-state index in [2.05, 4.69) is 5.32 Å². The van der Waals surface area contributed by atoms with Gasteiger partial charge in [-0.05, 0) is 6.92 Å². The number of carbonyl (C=O) groups is 1. The number of anilines is 1. The largest absolute Gasteiger partial charge is 0.325 e. The van der Waals surface area contributed by atoms with Crippen molar-refractivity contribution >= 4 is 23.0 Å². The normalized spacial score (nSPS) is 9.89. The Hall–Kier alpha value is -2.51. The molecule has 0 bridgehead atoms. The Morgan fingerprint density at radius 2 is 1.89 bits per heavy atom. The number of carbonyl (C=O) groups excluding carboxylic acids is 1. The minimum Gasteiger partial charge on any atom is -0.325 e. The average Bonchev–Trinajstić information content (AvgIpc) is 2.30. The van der Waals surface area contributed by atoms with Crippen LogP contribution in [0.3, 0.4) is 0 Å². The van der Waals surface area contributed by atoms with Crippen molar-refractivity contribution in [3.05, 3.63) is 37.9 Å². The molecular weight excluding hydrogens is 242 g/mol. The van der Waals surface area contributed by atoms with Gasteiger partial charge in [0.05, 0.1) is 27.2 Å². The first-order valence-electron chi connectivity index (χ1n) is 5.10. The van der Waals surface area contributed by atoms with E-state index in [1.54, 1.807) is 6.92 Å². The van der Waals surface area contributed by atoms with E-state index >= 15 is 0 Å². The number of amides is 1. The lowest BCUT2D eigenvalue weighted by Gasteiger charge is -2.07. The fourth-order valence-corrected chi connectivity index (χ4v) is 1.35. The van der Waals surface area contributed by atoms with Crippen molar-refractivity contribution in [3.8, 4) is 0 Å². The zero-order valence-corrected chi connectivity index (χ0v) is 9.80. The molecule has 0 aliphatic heterocycles. The third-order valence-electron chi connectivity index (χ3n) is 2.37. The summed E-state index contributed by atoms with van der Waals surface area (Å²) < 4.78 is 0. The van der Waals surface area contributed by atoms with Crippen LogP contribution in [0.1, 0.15) is 18.9 Å². The summed E-state index contributed by atoms with van der Waals surface area (Å²) in [7, 11) is 0. The van der Waals surface area contributed by atoms with Crippen LogP contribution in [0.25, 0.3) is 0 Å². The Bertz CT molecular complexity index is 526. The lowest BCUT2D eigenvalue weighted by atomic mass is 10.1. The Kier molecular flexibility index (Phi) is 3.93. The van der Waals surface area contributed by atoms with Gasteiger partial charge >= 0.3 is 0 Å². The number of hydrogen-bond acceptors (Lipinski definition) is 5. The third-order valence-corrected chi connectivity index (χ3v) is 2.37. The van der Waals surface area contributed by atoms with Crippen molar-refractivity contribution < 1.29 is 14.6 Å². The maximum absolute atomic E-state index is 11.2. The number of hydrogen-bond donors (Lipinski definition) is 1. The molecule has 0 spiro atoms. The van der Waals surface area contributed by atoms with Crippen molar-refractivity contribution in [1.29, 1.82) is 0 Å². The second-order valence-corrected chi connectivity index (χ2v) is 3.55. The number of nitro groups is 2. The Morgan fingerprint density at radius 1 is 1.28 bits per heavy atom. The van der Waals surface area contributed by atoms with Crippen LogP contribution >= 0.6 is 0 Å². The molecule has 0 radical (unpaired) electrons. The minimum atomic E-state index is -0.742. The molecule has 0 saturated carbocycles. The standard InChI is InChI=1S/C10H11N3O5/c1-3-10(14)11-8-4-7(12(15)16)5-9(6(8)2)13(17)18/h4-5H,3H2,1-2H3,(H,11,14). The van der Waals surface area contributed by atoms with Crippen LogP contribution in [0.4, 0.5) is 17.1 Å². The van der Waals surface area contributed by atoms with Crippen molar-refractivity contribution in [3.63, 3.8) is 0 Å². The maximum Gasteiger partial charge on any atom is 0.281 e. The van der Waals surface area contributed by atoms with E-state index in [4.69, 9.17) is 0 Å². The number of nitro benzene ring substituents is 2. The van der Waals surface area contributed by atoms with Crippen LogP contribution in [-0.2, 0) is 4.79 Å². The smallest absolute Gasteiger partial charge is 0.281 e. The van der Waals surface area contributed by atoms with Gasteiger partial charge in [0.25, 0.3) is 11.4 Å². The minimum absolute atomic E-state index is 0.0859. The number of rotatable bonds is 4. The molecule has 1 aromatic rings. The van der Waals surface area contributed by atoms with Gasteiger partial charge in [-0.1, -0.05) is 6.92 Å². The predicted molar refractivity (Wildman–Crippen MR) is 63.4 cm³/mol. The highest BCUT2D eigenvalue weighted by molar-refractivity contribution is 5.92. The highest BCUT2D eigenvalue weighted by Gasteiger charge is 2.21. The third kappa shape index (κ3) is 2.78. The van der Waals surface area contributed by atoms with E-state index in [-0.39, 0.29) is 23.6 Å². The molecule has 18 heavy (non-hydrogen) atoms. The first kappa shape index (κ1) is 13.6. The van der Waals surface area contributed by atoms with Gasteiger partial charge in [0, 0.05) is 12.5 Å². The quantitative estimate of drug-likeness (QED) is 0.651. The zero-order valence-electron chi connectivity index (χ0n) is 9.80. The zero-order chi connectivity index (χ0) is 13.9. The van der Waals surface area contributed by atoms with Gasteiger partial charge in [0.15, 0.2) is 0 Å². The topological polar surface area (TPSA) is 115 Å². The molecule has 1 rings (SSSR count). The second kappa shape index (κ2) is 5.21. The van der Waals surface area contributed by atoms with Gasteiger partial charge in [-0.3, -0.25) is 25.0 Å². The maximum atomic E-state index is 11.2. The van der Waals surface area contributed by atoms with Crippen LogP contribution < -0.4 is 5.32 Å². The van der Waals surface area contributed by atoms with Crippen LogP contribution in [0.5, 0.6) is 0 Å². The number of nitrogens with one attached hydrogen (secondary N) is 1. The molecule has 8 nitrogen and oxygen atoms in total. The Balaban J connectivity index is 3.35. The summed E-state index contributed by atoms with van der Waals surface area (Å²) in [4.78, 5) is 31.2. The predicted octanol–water partition coefficient (Wildman–Crippen LogP) is 2.16. The van der Waals surface area contributed by atoms with Crippen LogP contribution in [0.15, 0.2) is 12.1 Å². The fraction of sp³-hybridized carbons (Fsp3) is 0.300. The molecule has 1 N–H and O–H groups in total.